The molecule has 0 aromatic carbocycles. The smallest absolute Gasteiger partial charge is 0.240 e. The van der Waals surface area contributed by atoms with Crippen LogP contribution < -0.4 is 5.32 Å². The van der Waals surface area contributed by atoms with Crippen LogP contribution in [0.2, 0.25) is 0 Å². The number of thiazole rings is 1. The molecule has 4 rings (SSSR count). The van der Waals surface area contributed by atoms with E-state index in [-0.39, 0.29) is 18.0 Å². The summed E-state index contributed by atoms with van der Waals surface area (Å²) in [5.74, 6) is 0.695. The number of carbonyl (C=O) groups excluding carboxylic acids is 1. The van der Waals surface area contributed by atoms with Gasteiger partial charge < -0.3 is 15.0 Å². The number of nitrogens with zero attached hydrogens (tertiary/aromatic N) is 4. The van der Waals surface area contributed by atoms with Crippen LogP contribution in [0.1, 0.15) is 37.2 Å². The molecular weight excluding hydrogens is 338 g/mol. The van der Waals surface area contributed by atoms with Gasteiger partial charge in [0.15, 0.2) is 5.13 Å². The van der Waals surface area contributed by atoms with Gasteiger partial charge in [0, 0.05) is 36.9 Å². The van der Waals surface area contributed by atoms with Gasteiger partial charge in [-0.2, -0.15) is 0 Å². The van der Waals surface area contributed by atoms with Crippen molar-refractivity contribution in [2.45, 2.75) is 50.3 Å². The first-order valence-corrected chi connectivity index (χ1v) is 9.50. The molecule has 3 atom stereocenters. The quantitative estimate of drug-likeness (QED) is 0.865. The summed E-state index contributed by atoms with van der Waals surface area (Å²) in [4.78, 5) is 23.3. The van der Waals surface area contributed by atoms with Crippen LogP contribution in [0.4, 0.5) is 5.13 Å². The van der Waals surface area contributed by atoms with Crippen LogP contribution in [0.3, 0.4) is 0 Å². The summed E-state index contributed by atoms with van der Waals surface area (Å²) >= 11 is 1.44. The van der Waals surface area contributed by atoms with E-state index >= 15 is 0 Å². The lowest BCUT2D eigenvalue weighted by Crippen LogP contribution is -2.52. The molecule has 2 fully saturated rings. The fourth-order valence-electron chi connectivity index (χ4n) is 4.31. The van der Waals surface area contributed by atoms with E-state index < -0.39 is 5.60 Å². The maximum Gasteiger partial charge on any atom is 0.240 e. The molecule has 134 valence electrons. The van der Waals surface area contributed by atoms with E-state index in [0.29, 0.717) is 24.5 Å². The number of aryl methyl sites for hydroxylation is 2. The number of nitrogens with one attached hydrogen (secondary N) is 1. The number of imidazole rings is 1. The monoisotopic (exact) mass is 361 g/mol. The zero-order valence-electron chi connectivity index (χ0n) is 14.5. The first-order valence-electron chi connectivity index (χ1n) is 8.62. The Morgan fingerprint density at radius 2 is 2.16 bits per heavy atom. The average Bonchev–Trinajstić information content (AvgIpc) is 3.21. The van der Waals surface area contributed by atoms with Crippen molar-refractivity contribution in [3.8, 4) is 0 Å². The summed E-state index contributed by atoms with van der Waals surface area (Å²) in [6.07, 6.45) is 6.87. The first-order chi connectivity index (χ1) is 11.9. The first kappa shape index (κ1) is 16.7. The highest BCUT2D eigenvalue weighted by Gasteiger charge is 2.50. The molecule has 0 spiro atoms. The third kappa shape index (κ3) is 3.09. The number of carbonyl (C=O) groups is 1. The van der Waals surface area contributed by atoms with Gasteiger partial charge in [-0.15, -0.1) is 11.3 Å². The number of aromatic nitrogens is 3. The van der Waals surface area contributed by atoms with Gasteiger partial charge >= 0.3 is 0 Å². The highest BCUT2D eigenvalue weighted by atomic mass is 32.1. The Morgan fingerprint density at radius 3 is 2.72 bits per heavy atom. The molecule has 2 aliphatic heterocycles. The van der Waals surface area contributed by atoms with E-state index in [2.05, 4.69) is 20.2 Å². The largest absolute Gasteiger partial charge is 0.382 e. The van der Waals surface area contributed by atoms with E-state index in [1.807, 2.05) is 30.1 Å². The number of amides is 1. The molecule has 2 bridgehead atoms. The Morgan fingerprint density at radius 1 is 1.44 bits per heavy atom. The van der Waals surface area contributed by atoms with Gasteiger partial charge in [0.25, 0.3) is 0 Å². The van der Waals surface area contributed by atoms with Crippen molar-refractivity contribution in [2.24, 2.45) is 7.05 Å². The Kier molecular flexibility index (Phi) is 4.13. The SMILES string of the molecule is Cc1csc(NC(=O)CN2[C@@H]3CC[C@H]2CC(O)(c2nccn2C)C3)n1. The molecule has 2 aromatic heterocycles. The second-order valence-electron chi connectivity index (χ2n) is 7.20. The second kappa shape index (κ2) is 6.19. The lowest BCUT2D eigenvalue weighted by atomic mass is 9.85. The molecule has 2 aromatic rings. The van der Waals surface area contributed by atoms with E-state index in [4.69, 9.17) is 0 Å². The van der Waals surface area contributed by atoms with Crippen LogP contribution >= 0.6 is 11.3 Å². The summed E-state index contributed by atoms with van der Waals surface area (Å²) in [5, 5.41) is 16.6. The Labute approximate surface area is 150 Å². The molecule has 1 unspecified atom stereocenters. The highest BCUT2D eigenvalue weighted by molar-refractivity contribution is 7.13. The number of anilines is 1. The standard InChI is InChI=1S/C17H23N5O2S/c1-11-10-25-16(19-11)20-14(23)9-22-12-3-4-13(22)8-17(24,7-12)15-18-5-6-21(15)2/h5-6,10,12-13,24H,3-4,7-9H2,1-2H3,(H,19,20,23)/t12-,13+,17?. The number of aliphatic hydroxyl groups is 1. The topological polar surface area (TPSA) is 83.3 Å². The highest BCUT2D eigenvalue weighted by Crippen LogP contribution is 2.44. The summed E-state index contributed by atoms with van der Waals surface area (Å²) in [5.41, 5.74) is 0.0159. The van der Waals surface area contributed by atoms with Crippen LogP contribution in [0.15, 0.2) is 17.8 Å². The van der Waals surface area contributed by atoms with Gasteiger partial charge in [-0.25, -0.2) is 9.97 Å². The second-order valence-corrected chi connectivity index (χ2v) is 8.06. The van der Waals surface area contributed by atoms with Crippen molar-refractivity contribution in [2.75, 3.05) is 11.9 Å². The third-order valence-electron chi connectivity index (χ3n) is 5.35. The lowest BCUT2D eigenvalue weighted by Gasteiger charge is -2.43. The molecule has 1 amide bonds. The summed E-state index contributed by atoms with van der Waals surface area (Å²) in [7, 11) is 1.91. The Hall–Kier alpha value is -1.77. The van der Waals surface area contributed by atoms with Crippen molar-refractivity contribution in [3.05, 3.63) is 29.3 Å². The van der Waals surface area contributed by atoms with Crippen LogP contribution in [-0.2, 0) is 17.4 Å². The minimum atomic E-state index is -0.899. The van der Waals surface area contributed by atoms with Crippen molar-refractivity contribution in [3.63, 3.8) is 0 Å². The Balaban J connectivity index is 1.44. The molecule has 0 saturated carbocycles. The average molecular weight is 361 g/mol. The van der Waals surface area contributed by atoms with Crippen molar-refractivity contribution in [1.29, 1.82) is 0 Å². The van der Waals surface area contributed by atoms with Crippen LogP contribution in [0.25, 0.3) is 0 Å². The minimum Gasteiger partial charge on any atom is -0.382 e. The third-order valence-corrected chi connectivity index (χ3v) is 6.22. The van der Waals surface area contributed by atoms with Crippen LogP contribution in [0.5, 0.6) is 0 Å². The lowest BCUT2D eigenvalue weighted by molar-refractivity contribution is -0.121. The van der Waals surface area contributed by atoms with Gasteiger partial charge in [-0.05, 0) is 32.6 Å². The van der Waals surface area contributed by atoms with Crippen LogP contribution in [0, 0.1) is 6.92 Å². The van der Waals surface area contributed by atoms with Gasteiger partial charge in [-0.3, -0.25) is 9.69 Å². The molecule has 8 heteroatoms. The fourth-order valence-corrected chi connectivity index (χ4v) is 5.01. The summed E-state index contributed by atoms with van der Waals surface area (Å²) in [6.45, 7) is 2.26. The molecule has 2 N–H and O–H groups in total. The van der Waals surface area contributed by atoms with Gasteiger partial charge in [0.05, 0.1) is 12.2 Å². The van der Waals surface area contributed by atoms with E-state index in [1.165, 1.54) is 11.3 Å². The van der Waals surface area contributed by atoms with E-state index in [9.17, 15) is 9.90 Å². The van der Waals surface area contributed by atoms with Gasteiger partial charge in [-0.1, -0.05) is 0 Å². The minimum absolute atomic E-state index is 0.0336. The molecule has 4 heterocycles. The van der Waals surface area contributed by atoms with E-state index in [0.717, 1.165) is 24.4 Å². The number of hydrogen-bond acceptors (Lipinski definition) is 6. The van der Waals surface area contributed by atoms with E-state index in [1.54, 1.807) is 6.20 Å². The zero-order valence-corrected chi connectivity index (χ0v) is 15.3. The number of hydrogen-bond donors (Lipinski definition) is 2. The number of piperidine rings is 1. The molecule has 2 saturated heterocycles. The Bertz CT molecular complexity index is 772. The van der Waals surface area contributed by atoms with Crippen molar-refractivity contribution < 1.29 is 9.90 Å². The maximum absolute atomic E-state index is 12.4. The van der Waals surface area contributed by atoms with Crippen molar-refractivity contribution in [1.82, 2.24) is 19.4 Å². The summed E-state index contributed by atoms with van der Waals surface area (Å²) in [6, 6.07) is 0.425. The van der Waals surface area contributed by atoms with Gasteiger partial charge in [0.2, 0.25) is 5.91 Å². The molecule has 0 radical (unpaired) electrons. The van der Waals surface area contributed by atoms with Crippen LogP contribution in [-0.4, -0.2) is 49.1 Å². The zero-order chi connectivity index (χ0) is 17.6. The molecule has 2 aliphatic rings. The number of rotatable bonds is 4. The molecule has 7 nitrogen and oxygen atoms in total. The predicted octanol–water partition coefficient (Wildman–Crippen LogP) is 1.64. The number of fused-ring (bicyclic) bond motifs is 2. The predicted molar refractivity (Wildman–Crippen MR) is 95.3 cm³/mol. The van der Waals surface area contributed by atoms with Crippen molar-refractivity contribution >= 4 is 22.4 Å². The molecule has 25 heavy (non-hydrogen) atoms. The molecular formula is C17H23N5O2S. The normalized spacial score (nSPS) is 29.1. The summed E-state index contributed by atoms with van der Waals surface area (Å²) < 4.78 is 1.90. The maximum atomic E-state index is 12.4. The van der Waals surface area contributed by atoms with Gasteiger partial charge in [0.1, 0.15) is 11.4 Å². The molecule has 0 aliphatic carbocycles. The fraction of sp³-hybridized carbons (Fsp3) is 0.588.